The predicted octanol–water partition coefficient (Wildman–Crippen LogP) is 4.50. The van der Waals surface area contributed by atoms with Crippen LogP contribution in [-0.4, -0.2) is 5.16 Å². The minimum atomic E-state index is 0.343. The molecule has 0 amide bonds. The van der Waals surface area contributed by atoms with E-state index < -0.39 is 0 Å². The van der Waals surface area contributed by atoms with Gasteiger partial charge in [-0.05, 0) is 30.5 Å². The zero-order chi connectivity index (χ0) is 12.7. The zero-order valence-electron chi connectivity index (χ0n) is 9.62. The molecule has 0 atom stereocenters. The number of anilines is 1. The molecule has 2 N–H and O–H groups in total. The molecule has 1 aliphatic carbocycles. The molecular formula is C13H12Cl2N2O. The fourth-order valence-electron chi connectivity index (χ4n) is 2.22. The van der Waals surface area contributed by atoms with Gasteiger partial charge in [0.05, 0.1) is 21.3 Å². The van der Waals surface area contributed by atoms with Crippen molar-refractivity contribution in [2.24, 2.45) is 0 Å². The summed E-state index contributed by atoms with van der Waals surface area (Å²) in [5.74, 6) is 0.797. The van der Waals surface area contributed by atoms with Gasteiger partial charge in [-0.2, -0.15) is 0 Å². The molecule has 1 aromatic heterocycles. The number of halogens is 2. The fraction of sp³-hybridized carbons (Fsp3) is 0.308. The molecule has 18 heavy (non-hydrogen) atoms. The minimum Gasteiger partial charge on any atom is -0.367 e. The van der Waals surface area contributed by atoms with Crippen molar-refractivity contribution in [3.63, 3.8) is 0 Å². The molecule has 94 valence electrons. The first-order chi connectivity index (χ1) is 8.66. The first kappa shape index (κ1) is 11.9. The second-order valence-corrected chi connectivity index (χ2v) is 5.38. The van der Waals surface area contributed by atoms with Gasteiger partial charge in [-0.1, -0.05) is 40.8 Å². The molecule has 1 aromatic carbocycles. The van der Waals surface area contributed by atoms with Crippen molar-refractivity contribution in [1.82, 2.24) is 5.16 Å². The zero-order valence-corrected chi connectivity index (χ0v) is 11.1. The Bertz CT molecular complexity index is 591. The molecular weight excluding hydrogens is 271 g/mol. The lowest BCUT2D eigenvalue weighted by Crippen LogP contribution is -2.10. The molecule has 0 radical (unpaired) electrons. The maximum Gasteiger partial charge on any atom is 0.230 e. The quantitative estimate of drug-likeness (QED) is 0.882. The standard InChI is InChI=1S/C13H12Cl2N2O/c14-9-5-4-8(6-10(9)15)11-12(7-2-1-3-7)17-18-13(11)16/h4-7H,1-3,16H2. The molecule has 0 unspecified atom stereocenters. The summed E-state index contributed by atoms with van der Waals surface area (Å²) < 4.78 is 5.13. The van der Waals surface area contributed by atoms with Crippen LogP contribution < -0.4 is 5.73 Å². The Morgan fingerprint density at radius 2 is 2.00 bits per heavy atom. The smallest absolute Gasteiger partial charge is 0.230 e. The van der Waals surface area contributed by atoms with Gasteiger partial charge in [0, 0.05) is 5.92 Å². The average molecular weight is 283 g/mol. The molecule has 2 aromatic rings. The Balaban J connectivity index is 2.09. The topological polar surface area (TPSA) is 52.0 Å². The number of benzene rings is 1. The molecule has 0 aliphatic heterocycles. The number of nitrogens with two attached hydrogens (primary N) is 1. The second kappa shape index (κ2) is 4.48. The van der Waals surface area contributed by atoms with Gasteiger partial charge in [0.2, 0.25) is 5.88 Å². The van der Waals surface area contributed by atoms with E-state index in [4.69, 9.17) is 33.5 Å². The summed E-state index contributed by atoms with van der Waals surface area (Å²) in [5.41, 5.74) is 8.58. The Kier molecular flexibility index (Phi) is 2.96. The highest BCUT2D eigenvalue weighted by Crippen LogP contribution is 2.43. The summed E-state index contributed by atoms with van der Waals surface area (Å²) in [5, 5.41) is 5.13. The molecule has 1 heterocycles. The van der Waals surface area contributed by atoms with E-state index >= 15 is 0 Å². The van der Waals surface area contributed by atoms with Crippen LogP contribution in [0.1, 0.15) is 30.9 Å². The number of rotatable bonds is 2. The molecule has 1 fully saturated rings. The van der Waals surface area contributed by atoms with Crippen molar-refractivity contribution in [2.75, 3.05) is 5.73 Å². The third kappa shape index (κ3) is 1.88. The molecule has 0 bridgehead atoms. The largest absolute Gasteiger partial charge is 0.367 e. The monoisotopic (exact) mass is 282 g/mol. The minimum absolute atomic E-state index is 0.343. The van der Waals surface area contributed by atoms with Crippen LogP contribution in [0.3, 0.4) is 0 Å². The lowest BCUT2D eigenvalue weighted by molar-refractivity contribution is 0.369. The van der Waals surface area contributed by atoms with Crippen LogP contribution in [0.25, 0.3) is 11.1 Å². The van der Waals surface area contributed by atoms with Gasteiger partial charge in [0.1, 0.15) is 0 Å². The average Bonchev–Trinajstić information content (AvgIpc) is 2.62. The van der Waals surface area contributed by atoms with E-state index in [1.807, 2.05) is 6.07 Å². The van der Waals surface area contributed by atoms with Crippen LogP contribution in [0.4, 0.5) is 5.88 Å². The summed E-state index contributed by atoms with van der Waals surface area (Å²) in [4.78, 5) is 0. The summed E-state index contributed by atoms with van der Waals surface area (Å²) in [6.45, 7) is 0. The first-order valence-electron chi connectivity index (χ1n) is 5.87. The number of nitrogens with zero attached hydrogens (tertiary/aromatic N) is 1. The van der Waals surface area contributed by atoms with Crippen molar-refractivity contribution in [2.45, 2.75) is 25.2 Å². The van der Waals surface area contributed by atoms with E-state index in [2.05, 4.69) is 5.16 Å². The second-order valence-electron chi connectivity index (χ2n) is 4.56. The van der Waals surface area contributed by atoms with E-state index in [9.17, 15) is 0 Å². The highest BCUT2D eigenvalue weighted by atomic mass is 35.5. The van der Waals surface area contributed by atoms with Crippen molar-refractivity contribution < 1.29 is 4.52 Å². The van der Waals surface area contributed by atoms with E-state index in [1.54, 1.807) is 12.1 Å². The molecule has 3 nitrogen and oxygen atoms in total. The van der Waals surface area contributed by atoms with Crippen LogP contribution in [0.2, 0.25) is 10.0 Å². The lowest BCUT2D eigenvalue weighted by Gasteiger charge is -2.23. The predicted molar refractivity (Wildman–Crippen MR) is 73.0 cm³/mol. The first-order valence-corrected chi connectivity index (χ1v) is 6.63. The van der Waals surface area contributed by atoms with Gasteiger partial charge in [0.15, 0.2) is 0 Å². The summed E-state index contributed by atoms with van der Waals surface area (Å²) >= 11 is 12.0. The van der Waals surface area contributed by atoms with Crippen LogP contribution in [0.15, 0.2) is 22.7 Å². The Morgan fingerprint density at radius 3 is 2.61 bits per heavy atom. The van der Waals surface area contributed by atoms with Crippen molar-refractivity contribution in [3.8, 4) is 11.1 Å². The summed E-state index contributed by atoms with van der Waals surface area (Å²) in [6.07, 6.45) is 3.51. The summed E-state index contributed by atoms with van der Waals surface area (Å²) in [7, 11) is 0. The van der Waals surface area contributed by atoms with E-state index in [1.165, 1.54) is 6.42 Å². The highest BCUT2D eigenvalue weighted by Gasteiger charge is 2.28. The molecule has 3 rings (SSSR count). The third-order valence-corrected chi connectivity index (χ3v) is 4.18. The third-order valence-electron chi connectivity index (χ3n) is 3.45. The molecule has 0 spiro atoms. The van der Waals surface area contributed by atoms with Crippen LogP contribution >= 0.6 is 23.2 Å². The number of hydrogen-bond donors (Lipinski definition) is 1. The van der Waals surface area contributed by atoms with Gasteiger partial charge >= 0.3 is 0 Å². The van der Waals surface area contributed by atoms with Crippen molar-refractivity contribution in [3.05, 3.63) is 33.9 Å². The Hall–Kier alpha value is -1.19. The lowest BCUT2D eigenvalue weighted by atomic mass is 9.80. The molecule has 1 aliphatic rings. The normalized spacial score (nSPS) is 15.7. The summed E-state index contributed by atoms with van der Waals surface area (Å²) in [6, 6.07) is 5.45. The van der Waals surface area contributed by atoms with Gasteiger partial charge in [-0.25, -0.2) is 0 Å². The van der Waals surface area contributed by atoms with Gasteiger partial charge in [0.25, 0.3) is 0 Å². The molecule has 0 saturated heterocycles. The van der Waals surface area contributed by atoms with Gasteiger partial charge in [-0.15, -0.1) is 0 Å². The van der Waals surface area contributed by atoms with Crippen LogP contribution in [0.5, 0.6) is 0 Å². The van der Waals surface area contributed by atoms with E-state index in [0.717, 1.165) is 29.7 Å². The Labute approximate surface area is 115 Å². The maximum absolute atomic E-state index is 6.04. The number of nitrogen functional groups attached to an aromatic ring is 1. The van der Waals surface area contributed by atoms with E-state index in [0.29, 0.717) is 21.8 Å². The Morgan fingerprint density at radius 1 is 1.22 bits per heavy atom. The highest BCUT2D eigenvalue weighted by molar-refractivity contribution is 6.42. The van der Waals surface area contributed by atoms with Crippen molar-refractivity contribution >= 4 is 29.1 Å². The molecule has 1 saturated carbocycles. The van der Waals surface area contributed by atoms with Gasteiger partial charge < -0.3 is 10.3 Å². The van der Waals surface area contributed by atoms with Crippen molar-refractivity contribution in [1.29, 1.82) is 0 Å². The molecule has 5 heteroatoms. The van der Waals surface area contributed by atoms with Gasteiger partial charge in [-0.3, -0.25) is 0 Å². The van der Waals surface area contributed by atoms with Crippen LogP contribution in [-0.2, 0) is 0 Å². The SMILES string of the molecule is Nc1onc(C2CCC2)c1-c1ccc(Cl)c(Cl)c1. The van der Waals surface area contributed by atoms with Crippen LogP contribution in [0, 0.1) is 0 Å². The number of aromatic nitrogens is 1. The fourth-order valence-corrected chi connectivity index (χ4v) is 2.52. The van der Waals surface area contributed by atoms with E-state index in [-0.39, 0.29) is 0 Å². The maximum atomic E-state index is 6.04. The number of hydrogen-bond acceptors (Lipinski definition) is 3.